The number of carbonyl (C=O) groups excluding carboxylic acids is 2. The normalized spacial score (nSPS) is 11.0. The van der Waals surface area contributed by atoms with Gasteiger partial charge in [-0.1, -0.05) is 42.5 Å². The molecule has 0 amide bonds. The second-order valence-electron chi connectivity index (χ2n) is 4.82. The van der Waals surface area contributed by atoms with E-state index in [1.807, 2.05) is 36.4 Å². The van der Waals surface area contributed by atoms with E-state index in [0.717, 1.165) is 17.4 Å². The number of hydrogen-bond donors (Lipinski definition) is 0. The predicted octanol–water partition coefficient (Wildman–Crippen LogP) is 2.96. The fraction of sp³-hybridized carbons (Fsp3) is 0.167. The van der Waals surface area contributed by atoms with Crippen LogP contribution in [0.3, 0.4) is 0 Å². The molecular weight excluding hydrogens is 294 g/mol. The average Bonchev–Trinajstić information content (AvgIpc) is 2.55. The minimum atomic E-state index is -0.483. The summed E-state index contributed by atoms with van der Waals surface area (Å²) in [6.07, 6.45) is 1.34. The third-order valence-corrected chi connectivity index (χ3v) is 3.23. The highest BCUT2D eigenvalue weighted by atomic mass is 16.6. The molecule has 0 radical (unpaired) electrons. The summed E-state index contributed by atoms with van der Waals surface area (Å²) >= 11 is 0. The number of benzene rings is 2. The molecule has 0 bridgehead atoms. The van der Waals surface area contributed by atoms with Gasteiger partial charge in [0.1, 0.15) is 13.4 Å². The Hall–Kier alpha value is -2.95. The Morgan fingerprint density at radius 1 is 1.09 bits per heavy atom. The van der Waals surface area contributed by atoms with Gasteiger partial charge in [-0.3, -0.25) is 9.59 Å². The van der Waals surface area contributed by atoms with Gasteiger partial charge in [0, 0.05) is 18.1 Å². The first-order valence-corrected chi connectivity index (χ1v) is 7.06. The van der Waals surface area contributed by atoms with Crippen LogP contribution in [0.2, 0.25) is 0 Å². The smallest absolute Gasteiger partial charge is 0.309 e. The minimum absolute atomic E-state index is 0.0965. The standard InChI is InChI=1S/C18H17NO4/c1-13(21)23-18(19-22-2)17-10-6-5-8-15(17)11-14-7-3-4-9-16(14)12-20/h3-10,12H,11H2,1-2H3/b19-18+. The first-order chi connectivity index (χ1) is 11.2. The third kappa shape index (κ3) is 4.26. The van der Waals surface area contributed by atoms with Crippen LogP contribution in [-0.2, 0) is 20.8 Å². The lowest BCUT2D eigenvalue weighted by molar-refractivity contribution is -0.133. The SMILES string of the molecule is CO/N=C(/OC(C)=O)c1ccccc1Cc1ccccc1C=O. The molecule has 0 aliphatic rings. The second kappa shape index (κ2) is 7.89. The van der Waals surface area contributed by atoms with Crippen LogP contribution in [0.5, 0.6) is 0 Å². The molecule has 118 valence electrons. The van der Waals surface area contributed by atoms with Crippen molar-refractivity contribution in [3.8, 4) is 0 Å². The zero-order valence-electron chi connectivity index (χ0n) is 13.0. The van der Waals surface area contributed by atoms with E-state index in [4.69, 9.17) is 9.57 Å². The summed E-state index contributed by atoms with van der Waals surface area (Å²) in [5.74, 6) is -0.386. The summed E-state index contributed by atoms with van der Waals surface area (Å²) in [6.45, 7) is 1.30. The van der Waals surface area contributed by atoms with Gasteiger partial charge < -0.3 is 9.57 Å². The van der Waals surface area contributed by atoms with Crippen molar-refractivity contribution in [1.82, 2.24) is 0 Å². The molecule has 0 aliphatic heterocycles. The lowest BCUT2D eigenvalue weighted by Gasteiger charge is -2.12. The summed E-state index contributed by atoms with van der Waals surface area (Å²) in [4.78, 5) is 27.2. The van der Waals surface area contributed by atoms with Gasteiger partial charge in [-0.05, 0) is 28.8 Å². The first-order valence-electron chi connectivity index (χ1n) is 7.06. The molecule has 0 aromatic heterocycles. The van der Waals surface area contributed by atoms with Gasteiger partial charge >= 0.3 is 5.97 Å². The highest BCUT2D eigenvalue weighted by molar-refractivity contribution is 6.01. The Labute approximate surface area is 134 Å². The van der Waals surface area contributed by atoms with Crippen LogP contribution in [0.15, 0.2) is 53.7 Å². The molecule has 2 aromatic carbocycles. The molecule has 2 aromatic rings. The maximum Gasteiger partial charge on any atom is 0.309 e. The van der Waals surface area contributed by atoms with Crippen molar-refractivity contribution >= 4 is 18.2 Å². The number of rotatable bonds is 5. The average molecular weight is 311 g/mol. The van der Waals surface area contributed by atoms with E-state index in [9.17, 15) is 9.59 Å². The highest BCUT2D eigenvalue weighted by Crippen LogP contribution is 2.18. The van der Waals surface area contributed by atoms with E-state index in [1.165, 1.54) is 14.0 Å². The minimum Gasteiger partial charge on any atom is -0.404 e. The van der Waals surface area contributed by atoms with Gasteiger partial charge in [-0.25, -0.2) is 0 Å². The lowest BCUT2D eigenvalue weighted by Crippen LogP contribution is -2.14. The number of ether oxygens (including phenoxy) is 1. The summed E-state index contributed by atoms with van der Waals surface area (Å²) in [6, 6.07) is 14.7. The van der Waals surface area contributed by atoms with Gasteiger partial charge in [0.05, 0.1) is 0 Å². The van der Waals surface area contributed by atoms with Crippen LogP contribution in [0.4, 0.5) is 0 Å². The van der Waals surface area contributed by atoms with E-state index in [-0.39, 0.29) is 5.90 Å². The molecule has 2 rings (SSSR count). The number of aldehydes is 1. The number of esters is 1. The maximum absolute atomic E-state index is 11.3. The van der Waals surface area contributed by atoms with E-state index < -0.39 is 5.97 Å². The van der Waals surface area contributed by atoms with E-state index in [0.29, 0.717) is 17.5 Å². The summed E-state index contributed by atoms with van der Waals surface area (Å²) in [5, 5.41) is 3.78. The van der Waals surface area contributed by atoms with Crippen molar-refractivity contribution in [3.63, 3.8) is 0 Å². The van der Waals surface area contributed by atoms with Crippen molar-refractivity contribution in [3.05, 3.63) is 70.8 Å². The fourth-order valence-electron chi connectivity index (χ4n) is 2.24. The van der Waals surface area contributed by atoms with Crippen LogP contribution in [-0.4, -0.2) is 25.3 Å². The molecule has 0 unspecified atom stereocenters. The van der Waals surface area contributed by atoms with E-state index >= 15 is 0 Å². The molecule has 0 saturated carbocycles. The molecule has 0 atom stereocenters. The largest absolute Gasteiger partial charge is 0.404 e. The number of oxime groups is 1. The quantitative estimate of drug-likeness (QED) is 0.280. The van der Waals surface area contributed by atoms with Gasteiger partial charge in [0.15, 0.2) is 0 Å². The van der Waals surface area contributed by atoms with Gasteiger partial charge in [0.25, 0.3) is 5.90 Å². The molecule has 0 aliphatic carbocycles. The third-order valence-electron chi connectivity index (χ3n) is 3.23. The highest BCUT2D eigenvalue weighted by Gasteiger charge is 2.15. The van der Waals surface area contributed by atoms with Crippen LogP contribution in [0.1, 0.15) is 34.0 Å². The second-order valence-corrected chi connectivity index (χ2v) is 4.82. The molecule has 0 heterocycles. The van der Waals surface area contributed by atoms with Gasteiger partial charge in [0.2, 0.25) is 0 Å². The molecule has 0 N–H and O–H groups in total. The monoisotopic (exact) mass is 311 g/mol. The Morgan fingerprint density at radius 3 is 2.39 bits per heavy atom. The topological polar surface area (TPSA) is 65.0 Å². The number of carbonyl (C=O) groups is 2. The summed E-state index contributed by atoms with van der Waals surface area (Å²) in [5.41, 5.74) is 3.03. The first kappa shape index (κ1) is 16.4. The summed E-state index contributed by atoms with van der Waals surface area (Å²) < 4.78 is 5.13. The maximum atomic E-state index is 11.3. The van der Waals surface area contributed by atoms with Crippen molar-refractivity contribution in [2.75, 3.05) is 7.11 Å². The van der Waals surface area contributed by atoms with Crippen molar-refractivity contribution in [1.29, 1.82) is 0 Å². The molecule has 5 heteroatoms. The fourth-order valence-corrected chi connectivity index (χ4v) is 2.24. The number of hydrogen-bond acceptors (Lipinski definition) is 5. The van der Waals surface area contributed by atoms with Crippen LogP contribution < -0.4 is 0 Å². The predicted molar refractivity (Wildman–Crippen MR) is 86.4 cm³/mol. The zero-order valence-corrected chi connectivity index (χ0v) is 13.0. The zero-order chi connectivity index (χ0) is 16.7. The van der Waals surface area contributed by atoms with Crippen LogP contribution in [0.25, 0.3) is 0 Å². The molecule has 23 heavy (non-hydrogen) atoms. The van der Waals surface area contributed by atoms with E-state index in [2.05, 4.69) is 5.16 Å². The Kier molecular flexibility index (Phi) is 5.63. The molecule has 5 nitrogen and oxygen atoms in total. The van der Waals surface area contributed by atoms with Crippen molar-refractivity contribution in [2.45, 2.75) is 13.3 Å². The molecular formula is C18H17NO4. The lowest BCUT2D eigenvalue weighted by atomic mass is 9.97. The molecule has 0 saturated heterocycles. The Balaban J connectivity index is 2.42. The Bertz CT molecular complexity index is 737. The Morgan fingerprint density at radius 2 is 1.74 bits per heavy atom. The van der Waals surface area contributed by atoms with Gasteiger partial charge in [-0.15, -0.1) is 0 Å². The van der Waals surface area contributed by atoms with Crippen molar-refractivity contribution in [2.24, 2.45) is 5.16 Å². The number of nitrogens with zero attached hydrogens (tertiary/aromatic N) is 1. The van der Waals surface area contributed by atoms with Crippen LogP contribution >= 0.6 is 0 Å². The van der Waals surface area contributed by atoms with Gasteiger partial charge in [-0.2, -0.15) is 0 Å². The molecule has 0 spiro atoms. The molecule has 0 fully saturated rings. The van der Waals surface area contributed by atoms with E-state index in [1.54, 1.807) is 12.1 Å². The van der Waals surface area contributed by atoms with Crippen LogP contribution in [0, 0.1) is 0 Å². The summed E-state index contributed by atoms with van der Waals surface area (Å²) in [7, 11) is 1.38. The van der Waals surface area contributed by atoms with Crippen molar-refractivity contribution < 1.29 is 19.2 Å².